The molecule has 0 bridgehead atoms. The van der Waals surface area contributed by atoms with Gasteiger partial charge in [0, 0.05) is 24.5 Å². The lowest BCUT2D eigenvalue weighted by Crippen LogP contribution is -2.23. The first kappa shape index (κ1) is 15.0. The number of rotatable bonds is 5. The van der Waals surface area contributed by atoms with E-state index in [1.54, 1.807) is 37.0 Å². The van der Waals surface area contributed by atoms with Crippen LogP contribution in [0.5, 0.6) is 0 Å². The number of carbonyl (C=O) groups is 1. The summed E-state index contributed by atoms with van der Waals surface area (Å²) in [7, 11) is 1.79. The average Bonchev–Trinajstić information content (AvgIpc) is 2.77. The van der Waals surface area contributed by atoms with Gasteiger partial charge in [0.25, 0.3) is 0 Å². The molecule has 5 nitrogen and oxygen atoms in total. The Morgan fingerprint density at radius 2 is 2.10 bits per heavy atom. The van der Waals surface area contributed by atoms with Gasteiger partial charge in [0.05, 0.1) is 12.3 Å². The van der Waals surface area contributed by atoms with Crippen LogP contribution in [-0.4, -0.2) is 22.4 Å². The van der Waals surface area contributed by atoms with Gasteiger partial charge in [-0.2, -0.15) is 5.10 Å². The van der Waals surface area contributed by atoms with Crippen molar-refractivity contribution in [3.05, 3.63) is 47.5 Å². The monoisotopic (exact) mass is 291 g/mol. The van der Waals surface area contributed by atoms with Crippen LogP contribution in [0.4, 0.5) is 10.1 Å². The van der Waals surface area contributed by atoms with Crippen LogP contribution in [0.1, 0.15) is 24.2 Å². The Morgan fingerprint density at radius 1 is 1.43 bits per heavy atom. The minimum atomic E-state index is -0.677. The first-order valence-corrected chi connectivity index (χ1v) is 6.70. The molecule has 0 saturated heterocycles. The van der Waals surface area contributed by atoms with Gasteiger partial charge in [0.2, 0.25) is 0 Å². The van der Waals surface area contributed by atoms with Gasteiger partial charge >= 0.3 is 5.97 Å². The molecule has 0 aliphatic rings. The van der Waals surface area contributed by atoms with Gasteiger partial charge in [0.1, 0.15) is 5.82 Å². The number of aryl methyl sites for hydroxylation is 2. The number of anilines is 1. The van der Waals surface area contributed by atoms with E-state index in [0.717, 1.165) is 11.3 Å². The Balaban J connectivity index is 2.30. The van der Waals surface area contributed by atoms with Crippen molar-refractivity contribution in [2.75, 3.05) is 11.9 Å². The van der Waals surface area contributed by atoms with Gasteiger partial charge in [-0.15, -0.1) is 0 Å². The van der Waals surface area contributed by atoms with E-state index in [4.69, 9.17) is 4.74 Å². The number of hydrogen-bond donors (Lipinski definition) is 1. The van der Waals surface area contributed by atoms with Gasteiger partial charge in [-0.05, 0) is 38.1 Å². The second-order valence-corrected chi connectivity index (χ2v) is 4.68. The topological polar surface area (TPSA) is 56.1 Å². The standard InChI is InChI=1S/C15H18FN3O2/c1-4-21-15(20)14(13-9-19(3)18-10(13)2)17-12-7-5-11(16)6-8-12/h5-9,14,17H,4H2,1-3H3. The number of benzene rings is 1. The number of carbonyl (C=O) groups excluding carboxylic acids is 1. The van der Waals surface area contributed by atoms with Crippen LogP contribution >= 0.6 is 0 Å². The van der Waals surface area contributed by atoms with Crippen LogP contribution in [0.3, 0.4) is 0 Å². The van der Waals surface area contributed by atoms with Crippen molar-refractivity contribution in [1.29, 1.82) is 0 Å². The molecule has 0 saturated carbocycles. The molecule has 1 N–H and O–H groups in total. The summed E-state index contributed by atoms with van der Waals surface area (Å²) in [6.07, 6.45) is 1.77. The summed E-state index contributed by atoms with van der Waals surface area (Å²) >= 11 is 0. The molecule has 0 fully saturated rings. The summed E-state index contributed by atoms with van der Waals surface area (Å²) in [4.78, 5) is 12.2. The lowest BCUT2D eigenvalue weighted by molar-refractivity contribution is -0.144. The highest BCUT2D eigenvalue weighted by Crippen LogP contribution is 2.23. The summed E-state index contributed by atoms with van der Waals surface area (Å²) in [5, 5.41) is 7.31. The highest BCUT2D eigenvalue weighted by Gasteiger charge is 2.25. The Hall–Kier alpha value is -2.37. The summed E-state index contributed by atoms with van der Waals surface area (Å²) in [5.74, 6) is -0.719. The number of ether oxygens (including phenoxy) is 1. The largest absolute Gasteiger partial charge is 0.464 e. The van der Waals surface area contributed by atoms with E-state index in [2.05, 4.69) is 10.4 Å². The normalized spacial score (nSPS) is 12.0. The van der Waals surface area contributed by atoms with Crippen LogP contribution in [0.2, 0.25) is 0 Å². The Bertz CT molecular complexity index is 622. The minimum absolute atomic E-state index is 0.291. The van der Waals surface area contributed by atoms with Crippen molar-refractivity contribution in [1.82, 2.24) is 9.78 Å². The van der Waals surface area contributed by atoms with E-state index in [1.807, 2.05) is 6.92 Å². The summed E-state index contributed by atoms with van der Waals surface area (Å²) in [6, 6.07) is 5.14. The van der Waals surface area contributed by atoms with Crippen molar-refractivity contribution < 1.29 is 13.9 Å². The predicted octanol–water partition coefficient (Wildman–Crippen LogP) is 2.58. The molecule has 112 valence electrons. The number of halogens is 1. The molecule has 1 unspecified atom stereocenters. The van der Waals surface area contributed by atoms with Crippen LogP contribution < -0.4 is 5.32 Å². The van der Waals surface area contributed by atoms with Crippen molar-refractivity contribution in [3.63, 3.8) is 0 Å². The highest BCUT2D eigenvalue weighted by molar-refractivity contribution is 5.81. The lowest BCUT2D eigenvalue weighted by atomic mass is 10.1. The maximum absolute atomic E-state index is 13.0. The third-order valence-electron chi connectivity index (χ3n) is 3.04. The molecule has 1 aromatic heterocycles. The van der Waals surface area contributed by atoms with E-state index in [0.29, 0.717) is 12.3 Å². The SMILES string of the molecule is CCOC(=O)C(Nc1ccc(F)cc1)c1cn(C)nc1C. The molecule has 2 rings (SSSR count). The number of esters is 1. The lowest BCUT2D eigenvalue weighted by Gasteiger charge is -2.18. The molecule has 0 amide bonds. The average molecular weight is 291 g/mol. The van der Waals surface area contributed by atoms with E-state index in [9.17, 15) is 9.18 Å². The number of nitrogens with zero attached hydrogens (tertiary/aromatic N) is 2. The van der Waals surface area contributed by atoms with Gasteiger partial charge in [-0.1, -0.05) is 0 Å². The molecular formula is C15H18FN3O2. The highest BCUT2D eigenvalue weighted by atomic mass is 19.1. The van der Waals surface area contributed by atoms with E-state index in [1.165, 1.54) is 12.1 Å². The third kappa shape index (κ3) is 3.59. The van der Waals surface area contributed by atoms with Crippen LogP contribution in [0, 0.1) is 12.7 Å². The molecule has 1 aromatic carbocycles. The van der Waals surface area contributed by atoms with E-state index >= 15 is 0 Å². The van der Waals surface area contributed by atoms with Crippen LogP contribution in [0.25, 0.3) is 0 Å². The first-order valence-electron chi connectivity index (χ1n) is 6.70. The second kappa shape index (κ2) is 6.39. The van der Waals surface area contributed by atoms with E-state index in [-0.39, 0.29) is 5.82 Å². The number of aromatic nitrogens is 2. The fourth-order valence-electron chi connectivity index (χ4n) is 2.10. The molecule has 0 radical (unpaired) electrons. The zero-order valence-corrected chi connectivity index (χ0v) is 12.3. The zero-order chi connectivity index (χ0) is 15.4. The maximum Gasteiger partial charge on any atom is 0.333 e. The van der Waals surface area contributed by atoms with Crippen molar-refractivity contribution in [3.8, 4) is 0 Å². The number of hydrogen-bond acceptors (Lipinski definition) is 4. The second-order valence-electron chi connectivity index (χ2n) is 4.68. The van der Waals surface area contributed by atoms with Crippen molar-refractivity contribution >= 4 is 11.7 Å². The summed E-state index contributed by atoms with van der Waals surface area (Å²) < 4.78 is 19.7. The molecule has 0 aliphatic heterocycles. The molecular weight excluding hydrogens is 273 g/mol. The Kier molecular flexibility index (Phi) is 4.57. The molecule has 21 heavy (non-hydrogen) atoms. The Morgan fingerprint density at radius 3 is 2.62 bits per heavy atom. The van der Waals surface area contributed by atoms with Crippen molar-refractivity contribution in [2.24, 2.45) is 7.05 Å². The fourth-order valence-corrected chi connectivity index (χ4v) is 2.10. The van der Waals surface area contributed by atoms with Gasteiger partial charge < -0.3 is 10.1 Å². The molecule has 0 aliphatic carbocycles. The van der Waals surface area contributed by atoms with Gasteiger partial charge in [0.15, 0.2) is 6.04 Å². The molecule has 0 spiro atoms. The maximum atomic E-state index is 13.0. The zero-order valence-electron chi connectivity index (χ0n) is 12.3. The van der Waals surface area contributed by atoms with Crippen molar-refractivity contribution in [2.45, 2.75) is 19.9 Å². The third-order valence-corrected chi connectivity index (χ3v) is 3.04. The fraction of sp³-hybridized carbons (Fsp3) is 0.333. The van der Waals surface area contributed by atoms with Crippen LogP contribution in [-0.2, 0) is 16.6 Å². The van der Waals surface area contributed by atoms with Gasteiger partial charge in [-0.25, -0.2) is 9.18 Å². The number of nitrogens with one attached hydrogen (secondary N) is 1. The van der Waals surface area contributed by atoms with E-state index < -0.39 is 12.0 Å². The smallest absolute Gasteiger partial charge is 0.333 e. The minimum Gasteiger partial charge on any atom is -0.464 e. The quantitative estimate of drug-likeness (QED) is 0.860. The van der Waals surface area contributed by atoms with Gasteiger partial charge in [-0.3, -0.25) is 4.68 Å². The molecule has 1 heterocycles. The Labute approximate surface area is 122 Å². The summed E-state index contributed by atoms with van der Waals surface area (Å²) in [5.41, 5.74) is 2.11. The molecule has 6 heteroatoms. The summed E-state index contributed by atoms with van der Waals surface area (Å²) in [6.45, 7) is 3.87. The predicted molar refractivity (Wildman–Crippen MR) is 77.3 cm³/mol. The first-order chi connectivity index (χ1) is 10.0. The molecule has 1 atom stereocenters. The molecule has 2 aromatic rings. The van der Waals surface area contributed by atoms with Crippen LogP contribution in [0.15, 0.2) is 30.5 Å².